The number of hydrogen-bond donors (Lipinski definition) is 0. The fourth-order valence-corrected chi connectivity index (χ4v) is 5.45. The maximum atomic E-state index is 13.3. The highest BCUT2D eigenvalue weighted by atomic mass is 32.1. The second-order valence-electron chi connectivity index (χ2n) is 7.73. The lowest BCUT2D eigenvalue weighted by atomic mass is 9.81. The molecule has 2 fully saturated rings. The molecule has 5 heteroatoms. The van der Waals surface area contributed by atoms with Crippen LogP contribution in [0, 0.1) is 0 Å². The van der Waals surface area contributed by atoms with E-state index in [1.54, 1.807) is 7.11 Å². The summed E-state index contributed by atoms with van der Waals surface area (Å²) < 4.78 is 5.32. The maximum absolute atomic E-state index is 13.3. The Morgan fingerprint density at radius 1 is 1.15 bits per heavy atom. The molecular formula is C22H28N2O2S. The van der Waals surface area contributed by atoms with Gasteiger partial charge in [0.1, 0.15) is 0 Å². The number of amides is 1. The van der Waals surface area contributed by atoms with E-state index in [0.29, 0.717) is 13.2 Å². The Labute approximate surface area is 165 Å². The molecule has 2 aromatic rings. The van der Waals surface area contributed by atoms with E-state index in [1.807, 2.05) is 29.5 Å². The van der Waals surface area contributed by atoms with Crippen molar-refractivity contribution in [3.05, 3.63) is 58.3 Å². The standard InChI is InChI=1S/C22H28N2O2S/c1-26-14-13-24-21(25)20(18-6-3-2-4-7-18)16-22(24)9-11-23(12-10-22)17-19-8-5-15-27-19/h2-8,15,20H,9-14,16-17H2,1H3/t20-/m1/s1. The zero-order valence-electron chi connectivity index (χ0n) is 16.0. The van der Waals surface area contributed by atoms with Gasteiger partial charge in [0.25, 0.3) is 0 Å². The minimum atomic E-state index is -0.0118. The van der Waals surface area contributed by atoms with Gasteiger partial charge in [-0.25, -0.2) is 0 Å². The summed E-state index contributed by atoms with van der Waals surface area (Å²) in [6.45, 7) is 4.44. The zero-order chi connectivity index (χ0) is 18.7. The predicted octanol–water partition coefficient (Wildman–Crippen LogP) is 3.75. The highest BCUT2D eigenvalue weighted by Crippen LogP contribution is 2.45. The third-order valence-electron chi connectivity index (χ3n) is 6.19. The van der Waals surface area contributed by atoms with E-state index in [2.05, 4.69) is 39.4 Å². The van der Waals surface area contributed by atoms with Crippen molar-refractivity contribution in [2.75, 3.05) is 33.4 Å². The summed E-state index contributed by atoms with van der Waals surface area (Å²) in [5, 5.41) is 2.15. The Hall–Kier alpha value is -1.69. The van der Waals surface area contributed by atoms with E-state index in [0.717, 1.165) is 44.5 Å². The van der Waals surface area contributed by atoms with Crippen LogP contribution in [0.15, 0.2) is 47.8 Å². The molecule has 144 valence electrons. The van der Waals surface area contributed by atoms with Crippen molar-refractivity contribution in [3.63, 3.8) is 0 Å². The molecule has 0 N–H and O–H groups in total. The molecule has 0 aliphatic carbocycles. The Bertz CT molecular complexity index is 739. The first-order chi connectivity index (χ1) is 13.2. The molecule has 4 nitrogen and oxygen atoms in total. The van der Waals surface area contributed by atoms with Crippen molar-refractivity contribution in [1.29, 1.82) is 0 Å². The van der Waals surface area contributed by atoms with E-state index in [1.165, 1.54) is 4.88 Å². The third-order valence-corrected chi connectivity index (χ3v) is 7.05. The topological polar surface area (TPSA) is 32.8 Å². The van der Waals surface area contributed by atoms with Crippen LogP contribution in [0.5, 0.6) is 0 Å². The number of likely N-dealkylation sites (tertiary alicyclic amines) is 2. The summed E-state index contributed by atoms with van der Waals surface area (Å²) in [7, 11) is 1.71. The summed E-state index contributed by atoms with van der Waals surface area (Å²) in [6, 6.07) is 14.6. The molecule has 3 heterocycles. The molecule has 2 aliphatic heterocycles. The average Bonchev–Trinajstić information content (AvgIpc) is 3.30. The van der Waals surface area contributed by atoms with Gasteiger partial charge in [-0.1, -0.05) is 36.4 Å². The van der Waals surface area contributed by atoms with Crippen molar-refractivity contribution in [2.45, 2.75) is 37.3 Å². The molecule has 4 rings (SSSR count). The molecule has 1 spiro atoms. The molecular weight excluding hydrogens is 356 g/mol. The van der Waals surface area contributed by atoms with Crippen LogP contribution < -0.4 is 0 Å². The van der Waals surface area contributed by atoms with Crippen LogP contribution in [0.25, 0.3) is 0 Å². The van der Waals surface area contributed by atoms with Crippen molar-refractivity contribution in [2.24, 2.45) is 0 Å². The van der Waals surface area contributed by atoms with Crippen LogP contribution in [-0.2, 0) is 16.1 Å². The Kier molecular flexibility index (Phi) is 5.62. The number of thiophene rings is 1. The Balaban J connectivity index is 1.50. The van der Waals surface area contributed by atoms with Crippen molar-refractivity contribution in [1.82, 2.24) is 9.80 Å². The zero-order valence-corrected chi connectivity index (χ0v) is 16.8. The molecule has 1 amide bonds. The van der Waals surface area contributed by atoms with Crippen LogP contribution >= 0.6 is 11.3 Å². The molecule has 1 aromatic heterocycles. The Morgan fingerprint density at radius 3 is 2.59 bits per heavy atom. The number of nitrogens with zero attached hydrogens (tertiary/aromatic N) is 2. The number of ether oxygens (including phenoxy) is 1. The molecule has 1 atom stereocenters. The van der Waals surface area contributed by atoms with E-state index >= 15 is 0 Å². The first kappa shape index (κ1) is 18.7. The van der Waals surface area contributed by atoms with Crippen LogP contribution in [0.1, 0.15) is 35.6 Å². The van der Waals surface area contributed by atoms with Gasteiger partial charge < -0.3 is 9.64 Å². The molecule has 27 heavy (non-hydrogen) atoms. The average molecular weight is 385 g/mol. The van der Waals surface area contributed by atoms with Gasteiger partial charge in [-0.3, -0.25) is 9.69 Å². The summed E-state index contributed by atoms with van der Waals surface area (Å²) in [5.41, 5.74) is 1.14. The molecule has 1 aromatic carbocycles. The Morgan fingerprint density at radius 2 is 1.93 bits per heavy atom. The SMILES string of the molecule is COCCN1C(=O)[C@@H](c2ccccc2)CC12CCN(Cc1cccs1)CC2. The summed E-state index contributed by atoms with van der Waals surface area (Å²) >= 11 is 1.83. The van der Waals surface area contributed by atoms with Gasteiger partial charge in [-0.2, -0.15) is 0 Å². The van der Waals surface area contributed by atoms with E-state index < -0.39 is 0 Å². The number of hydrogen-bond acceptors (Lipinski definition) is 4. The number of piperidine rings is 1. The predicted molar refractivity (Wildman–Crippen MR) is 109 cm³/mol. The largest absolute Gasteiger partial charge is 0.383 e. The molecule has 0 radical (unpaired) electrons. The van der Waals surface area contributed by atoms with Gasteiger partial charge in [0.15, 0.2) is 0 Å². The van der Waals surface area contributed by atoms with Crippen LogP contribution in [0.2, 0.25) is 0 Å². The monoisotopic (exact) mass is 384 g/mol. The third kappa shape index (κ3) is 3.82. The second kappa shape index (κ2) is 8.13. The summed E-state index contributed by atoms with van der Waals surface area (Å²) in [4.78, 5) is 19.4. The van der Waals surface area contributed by atoms with Crippen LogP contribution in [0.4, 0.5) is 0 Å². The lowest BCUT2D eigenvalue weighted by Gasteiger charge is -2.45. The first-order valence-electron chi connectivity index (χ1n) is 9.82. The highest BCUT2D eigenvalue weighted by Gasteiger charge is 2.51. The highest BCUT2D eigenvalue weighted by molar-refractivity contribution is 7.09. The minimum Gasteiger partial charge on any atom is -0.383 e. The smallest absolute Gasteiger partial charge is 0.230 e. The fourth-order valence-electron chi connectivity index (χ4n) is 4.70. The molecule has 2 aliphatic rings. The number of benzene rings is 1. The van der Waals surface area contributed by atoms with Gasteiger partial charge in [0.2, 0.25) is 5.91 Å². The maximum Gasteiger partial charge on any atom is 0.230 e. The van der Waals surface area contributed by atoms with E-state index in [9.17, 15) is 4.79 Å². The summed E-state index contributed by atoms with van der Waals surface area (Å²) in [6.07, 6.45) is 3.04. The minimum absolute atomic E-state index is 0.00750. The second-order valence-corrected chi connectivity index (χ2v) is 8.76. The molecule has 0 bridgehead atoms. The van der Waals surface area contributed by atoms with Crippen LogP contribution in [-0.4, -0.2) is 54.6 Å². The van der Waals surface area contributed by atoms with Crippen molar-refractivity contribution < 1.29 is 9.53 Å². The van der Waals surface area contributed by atoms with Gasteiger partial charge in [0.05, 0.1) is 12.5 Å². The van der Waals surface area contributed by atoms with Gasteiger partial charge >= 0.3 is 0 Å². The normalized spacial score (nSPS) is 22.6. The van der Waals surface area contributed by atoms with E-state index in [4.69, 9.17) is 4.74 Å². The quantitative estimate of drug-likeness (QED) is 0.760. The molecule has 0 unspecified atom stereocenters. The van der Waals surface area contributed by atoms with E-state index in [-0.39, 0.29) is 17.4 Å². The summed E-state index contributed by atoms with van der Waals surface area (Å²) in [5.74, 6) is 0.275. The number of carbonyl (C=O) groups excluding carboxylic acids is 1. The van der Waals surface area contributed by atoms with Gasteiger partial charge in [-0.05, 0) is 36.3 Å². The molecule has 2 saturated heterocycles. The number of methoxy groups -OCH3 is 1. The van der Waals surface area contributed by atoms with Gasteiger partial charge in [-0.15, -0.1) is 11.3 Å². The molecule has 0 saturated carbocycles. The lowest BCUT2D eigenvalue weighted by Crippen LogP contribution is -2.53. The fraction of sp³-hybridized carbons (Fsp3) is 0.500. The number of carbonyl (C=O) groups is 1. The lowest BCUT2D eigenvalue weighted by molar-refractivity contribution is -0.134. The van der Waals surface area contributed by atoms with Gasteiger partial charge in [0, 0.05) is 43.7 Å². The van der Waals surface area contributed by atoms with Crippen molar-refractivity contribution in [3.8, 4) is 0 Å². The first-order valence-corrected chi connectivity index (χ1v) is 10.7. The number of rotatable bonds is 6. The van der Waals surface area contributed by atoms with Crippen LogP contribution in [0.3, 0.4) is 0 Å². The van der Waals surface area contributed by atoms with Crippen molar-refractivity contribution >= 4 is 17.2 Å².